The summed E-state index contributed by atoms with van der Waals surface area (Å²) in [4.78, 5) is 11.7. The van der Waals surface area contributed by atoms with Gasteiger partial charge in [0.05, 0.1) is 17.9 Å². The van der Waals surface area contributed by atoms with E-state index in [0.717, 1.165) is 30.3 Å². The van der Waals surface area contributed by atoms with E-state index < -0.39 is 45.8 Å². The highest BCUT2D eigenvalue weighted by molar-refractivity contribution is 7.88. The molecular formula is C16H14F4N2O3S. The quantitative estimate of drug-likeness (QED) is 0.745. The van der Waals surface area contributed by atoms with Gasteiger partial charge in [-0.2, -0.15) is 13.2 Å². The molecule has 0 aliphatic carbocycles. The topological polar surface area (TPSA) is 75.3 Å². The summed E-state index contributed by atoms with van der Waals surface area (Å²) < 4.78 is 76.6. The maximum absolute atomic E-state index is 12.8. The highest BCUT2D eigenvalue weighted by atomic mass is 32.2. The van der Waals surface area contributed by atoms with Crippen molar-refractivity contribution in [1.82, 2.24) is 4.72 Å². The Kier molecular flexibility index (Phi) is 5.98. The highest BCUT2D eigenvalue weighted by Crippen LogP contribution is 2.29. The molecule has 0 aliphatic rings. The van der Waals surface area contributed by atoms with Crippen LogP contribution in [0.3, 0.4) is 0 Å². The number of hydrogen-bond donors (Lipinski definition) is 2. The third-order valence-electron chi connectivity index (χ3n) is 3.19. The van der Waals surface area contributed by atoms with E-state index in [-0.39, 0.29) is 11.3 Å². The van der Waals surface area contributed by atoms with Crippen LogP contribution in [0.1, 0.15) is 11.1 Å². The van der Waals surface area contributed by atoms with Crippen LogP contribution in [0, 0.1) is 5.82 Å². The van der Waals surface area contributed by atoms with E-state index in [1.807, 2.05) is 4.72 Å². The lowest BCUT2D eigenvalue weighted by atomic mass is 10.1. The molecule has 2 N–H and O–H groups in total. The maximum atomic E-state index is 12.8. The molecule has 10 heteroatoms. The fourth-order valence-corrected chi connectivity index (χ4v) is 3.09. The Bertz CT molecular complexity index is 881. The van der Waals surface area contributed by atoms with Crippen LogP contribution in [0.2, 0.25) is 0 Å². The first kappa shape index (κ1) is 19.9. The first-order valence-corrected chi connectivity index (χ1v) is 8.89. The number of carbonyl (C=O) groups is 1. The predicted octanol–water partition coefficient (Wildman–Crippen LogP) is 2.90. The maximum Gasteiger partial charge on any atom is 0.416 e. The highest BCUT2D eigenvalue weighted by Gasteiger charge is 2.30. The second-order valence-electron chi connectivity index (χ2n) is 5.33. The third-order valence-corrected chi connectivity index (χ3v) is 4.49. The van der Waals surface area contributed by atoms with Crippen molar-refractivity contribution in [2.24, 2.45) is 0 Å². The minimum Gasteiger partial charge on any atom is -0.325 e. The lowest BCUT2D eigenvalue weighted by Gasteiger charge is -2.10. The Morgan fingerprint density at radius 3 is 2.31 bits per heavy atom. The minimum atomic E-state index is -4.58. The van der Waals surface area contributed by atoms with E-state index in [0.29, 0.717) is 0 Å². The smallest absolute Gasteiger partial charge is 0.325 e. The molecule has 0 heterocycles. The van der Waals surface area contributed by atoms with Crippen molar-refractivity contribution in [1.29, 1.82) is 0 Å². The van der Waals surface area contributed by atoms with E-state index in [1.54, 1.807) is 0 Å². The molecule has 2 aromatic carbocycles. The van der Waals surface area contributed by atoms with Gasteiger partial charge in [0.15, 0.2) is 0 Å². The van der Waals surface area contributed by atoms with Crippen LogP contribution in [-0.4, -0.2) is 20.9 Å². The summed E-state index contributed by atoms with van der Waals surface area (Å²) in [6.07, 6.45) is -4.58. The number of alkyl halides is 3. The normalized spacial score (nSPS) is 12.0. The molecule has 0 bridgehead atoms. The van der Waals surface area contributed by atoms with Crippen molar-refractivity contribution in [2.45, 2.75) is 11.9 Å². The zero-order valence-corrected chi connectivity index (χ0v) is 14.0. The van der Waals surface area contributed by atoms with Gasteiger partial charge in [0.1, 0.15) is 5.82 Å². The van der Waals surface area contributed by atoms with Crippen LogP contribution < -0.4 is 10.0 Å². The van der Waals surface area contributed by atoms with Gasteiger partial charge in [0.25, 0.3) is 0 Å². The molecule has 0 saturated heterocycles. The summed E-state index contributed by atoms with van der Waals surface area (Å²) in [5.41, 5.74) is -0.751. The molecule has 0 unspecified atom stereocenters. The summed E-state index contributed by atoms with van der Waals surface area (Å²) in [6, 6.07) is 8.75. The molecule has 0 radical (unpaired) electrons. The fourth-order valence-electron chi connectivity index (χ4n) is 2.02. The van der Waals surface area contributed by atoms with Crippen molar-refractivity contribution in [3.63, 3.8) is 0 Å². The van der Waals surface area contributed by atoms with Crippen molar-refractivity contribution < 1.29 is 30.8 Å². The van der Waals surface area contributed by atoms with Gasteiger partial charge >= 0.3 is 6.18 Å². The second-order valence-corrected chi connectivity index (χ2v) is 7.14. The molecule has 0 fully saturated rings. The number of carbonyl (C=O) groups excluding carboxylic acids is 1. The van der Waals surface area contributed by atoms with E-state index in [2.05, 4.69) is 5.32 Å². The van der Waals surface area contributed by atoms with Gasteiger partial charge in [0, 0.05) is 5.69 Å². The molecule has 26 heavy (non-hydrogen) atoms. The first-order chi connectivity index (χ1) is 12.0. The standard InChI is InChI=1S/C16H14F4N2O3S/c17-13-4-6-14(7-5-13)22-15(23)9-21-26(24,25)10-11-2-1-3-12(8-11)16(18,19)20/h1-8,21H,9-10H2,(H,22,23). The third kappa shape index (κ3) is 6.12. The van der Waals surface area contributed by atoms with Crippen molar-refractivity contribution in [3.8, 4) is 0 Å². The molecule has 0 aromatic heterocycles. The number of sulfonamides is 1. The fraction of sp³-hybridized carbons (Fsp3) is 0.188. The van der Waals surface area contributed by atoms with Crippen LogP contribution in [0.15, 0.2) is 48.5 Å². The zero-order chi connectivity index (χ0) is 19.4. The van der Waals surface area contributed by atoms with Crippen LogP contribution >= 0.6 is 0 Å². The first-order valence-electron chi connectivity index (χ1n) is 7.24. The SMILES string of the molecule is O=C(CNS(=O)(=O)Cc1cccc(C(F)(F)F)c1)Nc1ccc(F)cc1. The van der Waals surface area contributed by atoms with Crippen LogP contribution in [0.5, 0.6) is 0 Å². The molecule has 0 spiro atoms. The summed E-state index contributed by atoms with van der Waals surface area (Å²) >= 11 is 0. The number of nitrogens with one attached hydrogen (secondary N) is 2. The average molecular weight is 390 g/mol. The summed E-state index contributed by atoms with van der Waals surface area (Å²) in [7, 11) is -4.03. The van der Waals surface area contributed by atoms with Gasteiger partial charge < -0.3 is 5.32 Å². The van der Waals surface area contributed by atoms with Gasteiger partial charge in [-0.05, 0) is 35.9 Å². The second kappa shape index (κ2) is 7.83. The number of rotatable bonds is 6. The predicted molar refractivity (Wildman–Crippen MR) is 87.1 cm³/mol. The molecule has 2 rings (SSSR count). The largest absolute Gasteiger partial charge is 0.416 e. The molecular weight excluding hydrogens is 376 g/mol. The van der Waals surface area contributed by atoms with E-state index in [9.17, 15) is 30.8 Å². The Balaban J connectivity index is 1.94. The Labute approximate surface area is 147 Å². The number of hydrogen-bond acceptors (Lipinski definition) is 3. The van der Waals surface area contributed by atoms with Crippen molar-refractivity contribution in [2.75, 3.05) is 11.9 Å². The average Bonchev–Trinajstić information content (AvgIpc) is 2.54. The van der Waals surface area contributed by atoms with Crippen molar-refractivity contribution in [3.05, 3.63) is 65.5 Å². The van der Waals surface area contributed by atoms with Gasteiger partial charge in [0.2, 0.25) is 15.9 Å². The zero-order valence-electron chi connectivity index (χ0n) is 13.2. The van der Waals surface area contributed by atoms with Gasteiger partial charge in [-0.1, -0.05) is 18.2 Å². The summed E-state index contributed by atoms with van der Waals surface area (Å²) in [6.45, 7) is -0.612. The molecule has 0 atom stereocenters. The number of anilines is 1. The van der Waals surface area contributed by atoms with Crippen LogP contribution in [-0.2, 0) is 26.7 Å². The van der Waals surface area contributed by atoms with Gasteiger partial charge in [-0.25, -0.2) is 17.5 Å². The molecule has 1 amide bonds. The molecule has 140 valence electrons. The summed E-state index contributed by atoms with van der Waals surface area (Å²) in [5.74, 6) is -1.91. The Morgan fingerprint density at radius 1 is 1.04 bits per heavy atom. The van der Waals surface area contributed by atoms with Crippen molar-refractivity contribution >= 4 is 21.6 Å². The van der Waals surface area contributed by atoms with Gasteiger partial charge in [-0.15, -0.1) is 0 Å². The molecule has 0 aliphatic heterocycles. The van der Waals surface area contributed by atoms with E-state index in [4.69, 9.17) is 0 Å². The summed E-state index contributed by atoms with van der Waals surface area (Å²) in [5, 5.41) is 2.35. The minimum absolute atomic E-state index is 0.0636. The lowest BCUT2D eigenvalue weighted by molar-refractivity contribution is -0.137. The van der Waals surface area contributed by atoms with Crippen LogP contribution in [0.25, 0.3) is 0 Å². The number of benzene rings is 2. The lowest BCUT2D eigenvalue weighted by Crippen LogP contribution is -2.33. The number of amides is 1. The monoisotopic (exact) mass is 390 g/mol. The molecule has 2 aromatic rings. The molecule has 5 nitrogen and oxygen atoms in total. The Hall–Kier alpha value is -2.46. The Morgan fingerprint density at radius 2 is 1.69 bits per heavy atom. The van der Waals surface area contributed by atoms with Crippen LogP contribution in [0.4, 0.5) is 23.2 Å². The van der Waals surface area contributed by atoms with E-state index in [1.165, 1.54) is 18.2 Å². The number of halogens is 4. The molecule has 0 saturated carbocycles. The van der Waals surface area contributed by atoms with E-state index >= 15 is 0 Å². The van der Waals surface area contributed by atoms with Gasteiger partial charge in [-0.3, -0.25) is 4.79 Å².